The molecule has 1 aromatic carbocycles. The van der Waals surface area contributed by atoms with Crippen molar-refractivity contribution in [3.8, 4) is 0 Å². The van der Waals surface area contributed by atoms with Gasteiger partial charge in [-0.2, -0.15) is 0 Å². The monoisotopic (exact) mass is 235 g/mol. The molecule has 0 bridgehead atoms. The van der Waals surface area contributed by atoms with Crippen LogP contribution in [0.25, 0.3) is 0 Å². The molecule has 0 aliphatic heterocycles. The number of hydrogen-bond acceptors (Lipinski definition) is 1. The van der Waals surface area contributed by atoms with Crippen LogP contribution in [0.2, 0.25) is 0 Å². The third-order valence-electron chi connectivity index (χ3n) is 3.20. The van der Waals surface area contributed by atoms with Gasteiger partial charge < -0.3 is 5.32 Å². The van der Waals surface area contributed by atoms with Crippen LogP contribution in [0.1, 0.15) is 41.6 Å². The van der Waals surface area contributed by atoms with E-state index < -0.39 is 0 Å². The number of aryl methyl sites for hydroxylation is 1. The van der Waals surface area contributed by atoms with Crippen LogP contribution >= 0.6 is 0 Å². The van der Waals surface area contributed by atoms with E-state index >= 15 is 0 Å². The maximum atomic E-state index is 12.9. The molecule has 17 heavy (non-hydrogen) atoms. The highest BCUT2D eigenvalue weighted by Crippen LogP contribution is 2.33. The normalized spacial score (nSPS) is 14.7. The molecule has 1 aliphatic carbocycles. The molecule has 2 rings (SSSR count). The van der Waals surface area contributed by atoms with Gasteiger partial charge in [-0.25, -0.2) is 4.39 Å². The van der Waals surface area contributed by atoms with E-state index in [4.69, 9.17) is 0 Å². The maximum Gasteiger partial charge on any atom is 0.251 e. The van der Waals surface area contributed by atoms with Gasteiger partial charge in [0.2, 0.25) is 0 Å². The number of carbonyl (C=O) groups is 1. The number of nitrogens with one attached hydrogen (secondary N) is 1. The van der Waals surface area contributed by atoms with Crippen LogP contribution in [0.3, 0.4) is 0 Å². The maximum absolute atomic E-state index is 12.9. The Hall–Kier alpha value is -1.38. The molecule has 0 heterocycles. The number of rotatable bonds is 5. The summed E-state index contributed by atoms with van der Waals surface area (Å²) in [4.78, 5) is 11.8. The minimum absolute atomic E-state index is 0.0988. The molecule has 1 aliphatic rings. The number of benzene rings is 1. The van der Waals surface area contributed by atoms with E-state index in [1.807, 2.05) is 0 Å². The molecular formula is C14H18FNO. The first kappa shape index (κ1) is 12.1. The van der Waals surface area contributed by atoms with Gasteiger partial charge in [0.1, 0.15) is 5.82 Å². The number of halogens is 1. The fraction of sp³-hybridized carbons (Fsp3) is 0.500. The molecule has 92 valence electrons. The third kappa shape index (κ3) is 3.55. The molecule has 0 aromatic heterocycles. The van der Waals surface area contributed by atoms with Gasteiger partial charge in [-0.3, -0.25) is 4.79 Å². The summed E-state index contributed by atoms with van der Waals surface area (Å²) in [6.07, 6.45) is 4.95. The molecule has 1 saturated carbocycles. The molecule has 1 N–H and O–H groups in total. The van der Waals surface area contributed by atoms with E-state index in [9.17, 15) is 9.18 Å². The Labute approximate surface area is 101 Å². The molecule has 1 amide bonds. The molecular weight excluding hydrogens is 217 g/mol. The second-order valence-electron chi connectivity index (χ2n) is 4.80. The first-order chi connectivity index (χ1) is 8.16. The summed E-state index contributed by atoms with van der Waals surface area (Å²) in [5.74, 6) is 0.505. The fourth-order valence-corrected chi connectivity index (χ4v) is 1.98. The van der Waals surface area contributed by atoms with Crippen molar-refractivity contribution in [2.75, 3.05) is 6.54 Å². The minimum Gasteiger partial charge on any atom is -0.352 e. The Kier molecular flexibility index (Phi) is 3.77. The summed E-state index contributed by atoms with van der Waals surface area (Å²) in [6.45, 7) is 2.47. The predicted octanol–water partition coefficient (Wildman–Crippen LogP) is 3.05. The SMILES string of the molecule is Cc1cc(F)ccc1C(=O)NCCCC1CC1. The van der Waals surface area contributed by atoms with E-state index in [0.29, 0.717) is 17.7 Å². The summed E-state index contributed by atoms with van der Waals surface area (Å²) < 4.78 is 12.9. The smallest absolute Gasteiger partial charge is 0.251 e. The average Bonchev–Trinajstić information content (AvgIpc) is 3.08. The number of carbonyl (C=O) groups excluding carboxylic acids is 1. The Morgan fingerprint density at radius 1 is 1.47 bits per heavy atom. The molecule has 0 atom stereocenters. The van der Waals surface area contributed by atoms with E-state index in [2.05, 4.69) is 5.32 Å². The Morgan fingerprint density at radius 3 is 2.88 bits per heavy atom. The van der Waals surface area contributed by atoms with Crippen LogP contribution in [-0.4, -0.2) is 12.5 Å². The van der Waals surface area contributed by atoms with E-state index in [0.717, 1.165) is 12.3 Å². The van der Waals surface area contributed by atoms with E-state index in [1.165, 1.54) is 31.4 Å². The van der Waals surface area contributed by atoms with Crippen LogP contribution in [0.5, 0.6) is 0 Å². The van der Waals surface area contributed by atoms with E-state index in [1.54, 1.807) is 13.0 Å². The molecule has 0 radical (unpaired) electrons. The van der Waals surface area contributed by atoms with Gasteiger partial charge in [0, 0.05) is 12.1 Å². The van der Waals surface area contributed by atoms with Crippen molar-refractivity contribution in [2.24, 2.45) is 5.92 Å². The zero-order chi connectivity index (χ0) is 12.3. The van der Waals surface area contributed by atoms with Gasteiger partial charge in [0.05, 0.1) is 0 Å². The molecule has 0 unspecified atom stereocenters. The second-order valence-corrected chi connectivity index (χ2v) is 4.80. The van der Waals surface area contributed by atoms with Crippen LogP contribution in [-0.2, 0) is 0 Å². The topological polar surface area (TPSA) is 29.1 Å². The van der Waals surface area contributed by atoms with Crippen LogP contribution < -0.4 is 5.32 Å². The lowest BCUT2D eigenvalue weighted by molar-refractivity contribution is 0.0952. The highest BCUT2D eigenvalue weighted by Gasteiger charge is 2.20. The largest absolute Gasteiger partial charge is 0.352 e. The van der Waals surface area contributed by atoms with Crippen LogP contribution in [0.4, 0.5) is 4.39 Å². The summed E-state index contributed by atoms with van der Waals surface area (Å²) in [5, 5.41) is 2.88. The molecule has 3 heteroatoms. The van der Waals surface area contributed by atoms with Crippen molar-refractivity contribution in [1.29, 1.82) is 0 Å². The fourth-order valence-electron chi connectivity index (χ4n) is 1.98. The van der Waals surface area contributed by atoms with Gasteiger partial charge >= 0.3 is 0 Å². The molecule has 0 saturated heterocycles. The number of hydrogen-bond donors (Lipinski definition) is 1. The van der Waals surface area contributed by atoms with Gasteiger partial charge in [-0.1, -0.05) is 12.8 Å². The number of amides is 1. The predicted molar refractivity (Wildman–Crippen MR) is 65.4 cm³/mol. The van der Waals surface area contributed by atoms with Crippen LogP contribution in [0.15, 0.2) is 18.2 Å². The van der Waals surface area contributed by atoms with Crippen molar-refractivity contribution in [3.05, 3.63) is 35.1 Å². The molecule has 1 aromatic rings. The second kappa shape index (κ2) is 5.30. The van der Waals surface area contributed by atoms with Crippen molar-refractivity contribution in [2.45, 2.75) is 32.6 Å². The standard InChI is InChI=1S/C14H18FNO/c1-10-9-12(15)6-7-13(10)14(17)16-8-2-3-11-4-5-11/h6-7,9,11H,2-5,8H2,1H3,(H,16,17). The first-order valence-electron chi connectivity index (χ1n) is 6.21. The summed E-state index contributed by atoms with van der Waals surface area (Å²) >= 11 is 0. The quantitative estimate of drug-likeness (QED) is 0.781. The average molecular weight is 235 g/mol. The van der Waals surface area contributed by atoms with Gasteiger partial charge in [-0.15, -0.1) is 0 Å². The lowest BCUT2D eigenvalue weighted by atomic mass is 10.1. The third-order valence-corrected chi connectivity index (χ3v) is 3.20. The van der Waals surface area contributed by atoms with Crippen molar-refractivity contribution in [1.82, 2.24) is 5.32 Å². The van der Waals surface area contributed by atoms with Gasteiger partial charge in [0.25, 0.3) is 5.91 Å². The van der Waals surface area contributed by atoms with Crippen molar-refractivity contribution < 1.29 is 9.18 Å². The van der Waals surface area contributed by atoms with Crippen molar-refractivity contribution in [3.63, 3.8) is 0 Å². The summed E-state index contributed by atoms with van der Waals surface area (Å²) in [5.41, 5.74) is 1.25. The highest BCUT2D eigenvalue weighted by atomic mass is 19.1. The van der Waals surface area contributed by atoms with Gasteiger partial charge in [-0.05, 0) is 49.4 Å². The minimum atomic E-state index is -0.298. The Bertz CT molecular complexity index is 413. The molecule has 1 fully saturated rings. The lowest BCUT2D eigenvalue weighted by Crippen LogP contribution is -2.25. The lowest BCUT2D eigenvalue weighted by Gasteiger charge is -2.07. The Morgan fingerprint density at radius 2 is 2.24 bits per heavy atom. The molecule has 0 spiro atoms. The summed E-state index contributed by atoms with van der Waals surface area (Å²) in [7, 11) is 0. The van der Waals surface area contributed by atoms with Crippen molar-refractivity contribution >= 4 is 5.91 Å². The van der Waals surface area contributed by atoms with Crippen LogP contribution in [0, 0.1) is 18.7 Å². The zero-order valence-electron chi connectivity index (χ0n) is 10.1. The Balaban J connectivity index is 1.81. The zero-order valence-corrected chi connectivity index (χ0v) is 10.1. The van der Waals surface area contributed by atoms with E-state index in [-0.39, 0.29) is 11.7 Å². The highest BCUT2D eigenvalue weighted by molar-refractivity contribution is 5.95. The van der Waals surface area contributed by atoms with Gasteiger partial charge in [0.15, 0.2) is 0 Å². The molecule has 2 nitrogen and oxygen atoms in total. The first-order valence-corrected chi connectivity index (χ1v) is 6.21. The summed E-state index contributed by atoms with van der Waals surface area (Å²) in [6, 6.07) is 4.26.